The van der Waals surface area contributed by atoms with Crippen molar-refractivity contribution in [3.05, 3.63) is 35.5 Å². The van der Waals surface area contributed by atoms with Crippen molar-refractivity contribution in [1.29, 1.82) is 0 Å². The normalized spacial score (nSPS) is 22.3. The first-order valence-electron chi connectivity index (χ1n) is 8.76. The summed E-state index contributed by atoms with van der Waals surface area (Å²) in [6.45, 7) is -0.0873. The zero-order valence-electron chi connectivity index (χ0n) is 14.0. The van der Waals surface area contributed by atoms with E-state index in [1.54, 1.807) is 18.3 Å². The number of nitrogens with one attached hydrogen (secondary N) is 1. The molecule has 2 aliphatic rings. The van der Waals surface area contributed by atoms with E-state index in [9.17, 15) is 9.90 Å². The van der Waals surface area contributed by atoms with Crippen LogP contribution < -0.4 is 5.32 Å². The van der Waals surface area contributed by atoms with Gasteiger partial charge in [0.15, 0.2) is 11.5 Å². The van der Waals surface area contributed by atoms with Gasteiger partial charge in [-0.05, 0) is 48.2 Å². The summed E-state index contributed by atoms with van der Waals surface area (Å²) in [6, 6.07) is 3.97. The Morgan fingerprint density at radius 2 is 2.08 bits per heavy atom. The lowest BCUT2D eigenvalue weighted by atomic mass is 9.79. The molecule has 10 nitrogen and oxygen atoms in total. The number of amides is 1. The Bertz CT molecular complexity index is 970. The average molecular weight is 354 g/mol. The molecule has 2 aliphatic carbocycles. The van der Waals surface area contributed by atoms with Gasteiger partial charge in [0.1, 0.15) is 12.4 Å². The standard InChI is InChI=1S/C16H18N8O2/c25-8-14-18-20-15(24(14)12-2-3-12)10-5-11(6-10)17-16(26)9-1-4-13-19-21-22-23(13)7-9/h1,4,7,10-12,25H,2-3,5-6,8H2,(H,17,26). The summed E-state index contributed by atoms with van der Waals surface area (Å²) in [6.07, 6.45) is 5.51. The number of hydrogen-bond donors (Lipinski definition) is 2. The van der Waals surface area contributed by atoms with Gasteiger partial charge in [0.05, 0.1) is 5.56 Å². The first kappa shape index (κ1) is 15.4. The van der Waals surface area contributed by atoms with Gasteiger partial charge in [-0.25, -0.2) is 0 Å². The van der Waals surface area contributed by atoms with E-state index in [2.05, 4.69) is 35.6 Å². The second-order valence-corrected chi connectivity index (χ2v) is 6.97. The predicted octanol–water partition coefficient (Wildman–Crippen LogP) is 0.219. The van der Waals surface area contributed by atoms with Crippen LogP contribution in [0.25, 0.3) is 5.65 Å². The number of aromatic nitrogens is 7. The van der Waals surface area contributed by atoms with Crippen LogP contribution in [-0.2, 0) is 6.61 Å². The summed E-state index contributed by atoms with van der Waals surface area (Å²) in [5.74, 6) is 1.73. The monoisotopic (exact) mass is 354 g/mol. The molecule has 0 atom stereocenters. The van der Waals surface area contributed by atoms with Crippen molar-refractivity contribution in [3.63, 3.8) is 0 Å². The quantitative estimate of drug-likeness (QED) is 0.672. The zero-order chi connectivity index (χ0) is 17.7. The van der Waals surface area contributed by atoms with Gasteiger partial charge in [-0.15, -0.1) is 15.3 Å². The number of carbonyl (C=O) groups excluding carboxylic acids is 1. The number of nitrogens with zero attached hydrogens (tertiary/aromatic N) is 7. The molecule has 10 heteroatoms. The largest absolute Gasteiger partial charge is 0.388 e. The molecule has 2 saturated carbocycles. The molecule has 134 valence electrons. The molecule has 2 N–H and O–H groups in total. The highest BCUT2D eigenvalue weighted by molar-refractivity contribution is 5.94. The van der Waals surface area contributed by atoms with Crippen LogP contribution in [0.15, 0.2) is 18.3 Å². The summed E-state index contributed by atoms with van der Waals surface area (Å²) in [4.78, 5) is 12.4. The molecule has 0 unspecified atom stereocenters. The Morgan fingerprint density at radius 3 is 2.85 bits per heavy atom. The smallest absolute Gasteiger partial charge is 0.253 e. The third kappa shape index (κ3) is 2.53. The lowest BCUT2D eigenvalue weighted by molar-refractivity contribution is 0.0906. The van der Waals surface area contributed by atoms with Crippen LogP contribution >= 0.6 is 0 Å². The Morgan fingerprint density at radius 1 is 1.23 bits per heavy atom. The highest BCUT2D eigenvalue weighted by Gasteiger charge is 2.38. The highest BCUT2D eigenvalue weighted by Crippen LogP contribution is 2.42. The molecule has 3 aromatic rings. The van der Waals surface area contributed by atoms with Gasteiger partial charge in [-0.1, -0.05) is 0 Å². The van der Waals surface area contributed by atoms with Crippen molar-refractivity contribution < 1.29 is 9.90 Å². The molecule has 1 amide bonds. The molecule has 26 heavy (non-hydrogen) atoms. The van der Waals surface area contributed by atoms with Gasteiger partial charge in [-0.3, -0.25) is 4.79 Å². The summed E-state index contributed by atoms with van der Waals surface area (Å²) in [7, 11) is 0. The predicted molar refractivity (Wildman–Crippen MR) is 88.2 cm³/mol. The summed E-state index contributed by atoms with van der Waals surface area (Å²) in [5.41, 5.74) is 1.13. The third-order valence-corrected chi connectivity index (χ3v) is 5.14. The van der Waals surface area contributed by atoms with Gasteiger partial charge in [0, 0.05) is 24.2 Å². The molecule has 3 aromatic heterocycles. The number of fused-ring (bicyclic) bond motifs is 1. The van der Waals surface area contributed by atoms with Crippen LogP contribution in [-0.4, -0.2) is 51.9 Å². The van der Waals surface area contributed by atoms with E-state index < -0.39 is 0 Å². The third-order valence-electron chi connectivity index (χ3n) is 5.14. The lowest BCUT2D eigenvalue weighted by Gasteiger charge is -2.35. The molecular weight excluding hydrogens is 336 g/mol. The second kappa shape index (κ2) is 5.84. The van der Waals surface area contributed by atoms with Crippen molar-refractivity contribution >= 4 is 11.6 Å². The van der Waals surface area contributed by atoms with Gasteiger partial charge in [-0.2, -0.15) is 4.52 Å². The highest BCUT2D eigenvalue weighted by atomic mass is 16.3. The molecule has 0 radical (unpaired) electrons. The van der Waals surface area contributed by atoms with Gasteiger partial charge >= 0.3 is 0 Å². The van der Waals surface area contributed by atoms with Crippen LogP contribution in [0.2, 0.25) is 0 Å². The van der Waals surface area contributed by atoms with E-state index in [0.29, 0.717) is 23.1 Å². The number of aliphatic hydroxyl groups is 1. The molecule has 0 bridgehead atoms. The zero-order valence-corrected chi connectivity index (χ0v) is 14.0. The fraction of sp³-hybridized carbons (Fsp3) is 0.500. The van der Waals surface area contributed by atoms with Crippen molar-refractivity contribution in [2.24, 2.45) is 0 Å². The molecule has 0 saturated heterocycles. The summed E-state index contributed by atoms with van der Waals surface area (Å²) >= 11 is 0. The van der Waals surface area contributed by atoms with Crippen LogP contribution in [0.4, 0.5) is 0 Å². The fourth-order valence-corrected chi connectivity index (χ4v) is 3.55. The molecule has 2 fully saturated rings. The minimum Gasteiger partial charge on any atom is -0.388 e. The van der Waals surface area contributed by atoms with Gasteiger partial charge in [0.2, 0.25) is 0 Å². The number of aliphatic hydroxyl groups excluding tert-OH is 1. The Kier molecular flexibility index (Phi) is 3.45. The maximum absolute atomic E-state index is 12.4. The SMILES string of the molecule is O=C(NC1CC(c2nnc(CO)n2C2CC2)C1)c1ccc2nnnn2c1. The van der Waals surface area contributed by atoms with Gasteiger partial charge in [0.25, 0.3) is 5.91 Å². The molecule has 0 aliphatic heterocycles. The van der Waals surface area contributed by atoms with Crippen LogP contribution in [0.1, 0.15) is 59.6 Å². The first-order chi connectivity index (χ1) is 12.7. The lowest BCUT2D eigenvalue weighted by Crippen LogP contribution is -2.44. The molecular formula is C16H18N8O2. The maximum Gasteiger partial charge on any atom is 0.253 e. The van der Waals surface area contributed by atoms with Gasteiger partial charge < -0.3 is 15.0 Å². The first-order valence-corrected chi connectivity index (χ1v) is 8.76. The second-order valence-electron chi connectivity index (χ2n) is 6.97. The van der Waals surface area contributed by atoms with E-state index in [1.165, 1.54) is 4.52 Å². The Balaban J connectivity index is 1.24. The Labute approximate surface area is 148 Å². The van der Waals surface area contributed by atoms with E-state index in [4.69, 9.17) is 0 Å². The topological polar surface area (TPSA) is 123 Å². The van der Waals surface area contributed by atoms with E-state index in [1.807, 2.05) is 0 Å². The molecule has 5 rings (SSSR count). The minimum atomic E-state index is -0.134. The van der Waals surface area contributed by atoms with E-state index in [-0.39, 0.29) is 24.5 Å². The number of rotatable bonds is 5. The summed E-state index contributed by atoms with van der Waals surface area (Å²) < 4.78 is 3.57. The number of carbonyl (C=O) groups is 1. The number of hydrogen-bond acceptors (Lipinski definition) is 7. The fourth-order valence-electron chi connectivity index (χ4n) is 3.55. The molecule has 0 aromatic carbocycles. The number of tetrazole rings is 1. The van der Waals surface area contributed by atoms with Crippen molar-refractivity contribution in [1.82, 2.24) is 40.1 Å². The van der Waals surface area contributed by atoms with E-state index >= 15 is 0 Å². The minimum absolute atomic E-state index is 0.0873. The van der Waals surface area contributed by atoms with Crippen LogP contribution in [0.5, 0.6) is 0 Å². The Hall–Kier alpha value is -2.88. The van der Waals surface area contributed by atoms with Crippen molar-refractivity contribution in [3.8, 4) is 0 Å². The summed E-state index contributed by atoms with van der Waals surface area (Å²) in [5, 5.41) is 32.1. The van der Waals surface area contributed by atoms with E-state index in [0.717, 1.165) is 31.5 Å². The maximum atomic E-state index is 12.4. The van der Waals surface area contributed by atoms with Crippen LogP contribution in [0.3, 0.4) is 0 Å². The number of pyridine rings is 1. The van der Waals surface area contributed by atoms with Crippen molar-refractivity contribution in [2.75, 3.05) is 0 Å². The van der Waals surface area contributed by atoms with Crippen molar-refractivity contribution in [2.45, 2.75) is 50.3 Å². The molecule has 3 heterocycles. The van der Waals surface area contributed by atoms with Crippen LogP contribution in [0, 0.1) is 0 Å². The average Bonchev–Trinajstić information content (AvgIpc) is 3.19. The molecule has 0 spiro atoms.